The van der Waals surface area contributed by atoms with Gasteiger partial charge in [-0.2, -0.15) is 5.26 Å². The van der Waals surface area contributed by atoms with E-state index in [-0.39, 0.29) is 12.5 Å². The predicted molar refractivity (Wildman–Crippen MR) is 115 cm³/mol. The number of aliphatic hydroxyl groups excluding tert-OH is 1. The summed E-state index contributed by atoms with van der Waals surface area (Å²) in [4.78, 5) is 13.8. The summed E-state index contributed by atoms with van der Waals surface area (Å²) in [5.41, 5.74) is 2.17. The number of nitrogens with one attached hydrogen (secondary N) is 1. The highest BCUT2D eigenvalue weighted by atomic mass is 16.5. The molecule has 0 saturated carbocycles. The zero-order chi connectivity index (χ0) is 22.1. The number of hydrogen-bond acceptors (Lipinski definition) is 6. The van der Waals surface area contributed by atoms with Crippen molar-refractivity contribution in [3.8, 4) is 11.8 Å². The highest BCUT2D eigenvalue weighted by Gasteiger charge is 2.15. The maximum atomic E-state index is 11.7. The van der Waals surface area contributed by atoms with Crippen LogP contribution in [0.15, 0.2) is 71.3 Å². The summed E-state index contributed by atoms with van der Waals surface area (Å²) in [5, 5.41) is 22.0. The number of furan rings is 1. The van der Waals surface area contributed by atoms with Gasteiger partial charge < -0.3 is 19.6 Å². The minimum Gasteiger partial charge on any atom is -0.491 e. The SMILES string of the molecule is CNC(=O)c1ccc(CN(Cc2ccco2)CC(O)COc2ccc(C#N)cc2)cc1. The third kappa shape index (κ3) is 6.71. The second-order valence-electron chi connectivity index (χ2n) is 7.13. The Kier molecular flexibility index (Phi) is 7.82. The summed E-state index contributed by atoms with van der Waals surface area (Å²) >= 11 is 0. The first-order valence-electron chi connectivity index (χ1n) is 9.94. The van der Waals surface area contributed by atoms with Gasteiger partial charge in [0.25, 0.3) is 5.91 Å². The Morgan fingerprint density at radius 2 is 1.90 bits per heavy atom. The van der Waals surface area contributed by atoms with Crippen LogP contribution in [-0.2, 0) is 13.1 Å². The summed E-state index contributed by atoms with van der Waals surface area (Å²) < 4.78 is 11.1. The Morgan fingerprint density at radius 1 is 1.16 bits per heavy atom. The van der Waals surface area contributed by atoms with Crippen LogP contribution in [0.1, 0.15) is 27.2 Å². The van der Waals surface area contributed by atoms with Gasteiger partial charge in [-0.3, -0.25) is 9.69 Å². The van der Waals surface area contributed by atoms with Crippen molar-refractivity contribution in [1.29, 1.82) is 5.26 Å². The molecule has 1 aromatic heterocycles. The third-order valence-electron chi connectivity index (χ3n) is 4.70. The maximum absolute atomic E-state index is 11.7. The predicted octanol–water partition coefficient (Wildman–Crippen LogP) is 2.95. The van der Waals surface area contributed by atoms with E-state index in [1.54, 1.807) is 49.7 Å². The molecular weight excluding hydrogens is 394 g/mol. The summed E-state index contributed by atoms with van der Waals surface area (Å²) in [6.45, 7) is 1.59. The van der Waals surface area contributed by atoms with Crippen molar-refractivity contribution in [3.05, 3.63) is 89.4 Å². The molecule has 3 rings (SSSR count). The van der Waals surface area contributed by atoms with E-state index in [0.717, 1.165) is 11.3 Å². The topological polar surface area (TPSA) is 98.7 Å². The molecule has 1 unspecified atom stereocenters. The average molecular weight is 419 g/mol. The first-order chi connectivity index (χ1) is 15.1. The molecule has 0 saturated heterocycles. The number of rotatable bonds is 10. The Morgan fingerprint density at radius 3 is 2.52 bits per heavy atom. The molecule has 7 nitrogen and oxygen atoms in total. The van der Waals surface area contributed by atoms with Gasteiger partial charge in [0.15, 0.2) is 0 Å². The fourth-order valence-electron chi connectivity index (χ4n) is 3.14. The van der Waals surface area contributed by atoms with Gasteiger partial charge >= 0.3 is 0 Å². The standard InChI is InChI=1S/C24H25N3O4/c1-26-24(29)20-8-4-19(5-9-20)14-27(16-23-3-2-12-30-23)15-21(28)17-31-22-10-6-18(13-25)7-11-22/h2-12,21,28H,14-17H2,1H3,(H,26,29). The van der Waals surface area contributed by atoms with Crippen molar-refractivity contribution < 1.29 is 19.1 Å². The van der Waals surface area contributed by atoms with E-state index >= 15 is 0 Å². The Balaban J connectivity index is 1.61. The molecule has 1 heterocycles. The number of nitrogens with zero attached hydrogens (tertiary/aromatic N) is 2. The summed E-state index contributed by atoms with van der Waals surface area (Å²) in [6, 6.07) is 19.9. The van der Waals surface area contributed by atoms with Gasteiger partial charge in [0.2, 0.25) is 0 Å². The lowest BCUT2D eigenvalue weighted by molar-refractivity contribution is 0.0604. The maximum Gasteiger partial charge on any atom is 0.251 e. The van der Waals surface area contributed by atoms with Crippen LogP contribution in [0.2, 0.25) is 0 Å². The number of nitriles is 1. The Hall–Kier alpha value is -3.60. The van der Waals surface area contributed by atoms with E-state index in [2.05, 4.69) is 16.3 Å². The molecule has 2 aromatic carbocycles. The molecule has 0 aliphatic rings. The van der Waals surface area contributed by atoms with Crippen molar-refractivity contribution >= 4 is 5.91 Å². The summed E-state index contributed by atoms with van der Waals surface area (Å²) in [7, 11) is 1.60. The molecule has 0 radical (unpaired) electrons. The monoisotopic (exact) mass is 419 g/mol. The lowest BCUT2D eigenvalue weighted by Gasteiger charge is -2.24. The largest absolute Gasteiger partial charge is 0.491 e. The van der Waals surface area contributed by atoms with Crippen LogP contribution >= 0.6 is 0 Å². The van der Waals surface area contributed by atoms with Crippen LogP contribution in [0.25, 0.3) is 0 Å². The first-order valence-corrected chi connectivity index (χ1v) is 9.94. The van der Waals surface area contributed by atoms with Crippen LogP contribution in [0.3, 0.4) is 0 Å². The molecule has 3 aromatic rings. The molecule has 0 aliphatic heterocycles. The molecule has 31 heavy (non-hydrogen) atoms. The zero-order valence-electron chi connectivity index (χ0n) is 17.3. The second kappa shape index (κ2) is 11.0. The second-order valence-corrected chi connectivity index (χ2v) is 7.13. The molecule has 1 amide bonds. The molecule has 2 N–H and O–H groups in total. The van der Waals surface area contributed by atoms with Crippen LogP contribution in [-0.4, -0.2) is 42.2 Å². The fraction of sp³-hybridized carbons (Fsp3) is 0.250. The first kappa shape index (κ1) is 22.1. The molecule has 0 aliphatic carbocycles. The molecular formula is C24H25N3O4. The van der Waals surface area contributed by atoms with E-state index in [1.807, 2.05) is 24.3 Å². The molecule has 7 heteroatoms. The number of carbonyl (C=O) groups excluding carboxylic acids is 1. The van der Waals surface area contributed by atoms with E-state index in [0.29, 0.717) is 36.5 Å². The van der Waals surface area contributed by atoms with Gasteiger partial charge in [0, 0.05) is 25.7 Å². The average Bonchev–Trinajstić information content (AvgIpc) is 3.31. The van der Waals surface area contributed by atoms with E-state index in [1.165, 1.54) is 0 Å². The molecule has 0 bridgehead atoms. The smallest absolute Gasteiger partial charge is 0.251 e. The van der Waals surface area contributed by atoms with Crippen LogP contribution in [0, 0.1) is 11.3 Å². The van der Waals surface area contributed by atoms with E-state index < -0.39 is 6.10 Å². The number of benzene rings is 2. The quantitative estimate of drug-likeness (QED) is 0.524. The van der Waals surface area contributed by atoms with Gasteiger partial charge in [0.1, 0.15) is 24.2 Å². The normalized spacial score (nSPS) is 11.7. The molecule has 0 fully saturated rings. The Labute approximate surface area is 181 Å². The highest BCUT2D eigenvalue weighted by Crippen LogP contribution is 2.15. The number of aliphatic hydroxyl groups is 1. The molecule has 160 valence electrons. The van der Waals surface area contributed by atoms with Crippen molar-refractivity contribution in [2.24, 2.45) is 0 Å². The van der Waals surface area contributed by atoms with Crippen molar-refractivity contribution in [3.63, 3.8) is 0 Å². The van der Waals surface area contributed by atoms with E-state index in [9.17, 15) is 9.90 Å². The van der Waals surface area contributed by atoms with Crippen LogP contribution in [0.5, 0.6) is 5.75 Å². The minimum atomic E-state index is -0.726. The third-order valence-corrected chi connectivity index (χ3v) is 4.70. The minimum absolute atomic E-state index is 0.121. The lowest BCUT2D eigenvalue weighted by Crippen LogP contribution is -2.35. The van der Waals surface area contributed by atoms with Crippen molar-refractivity contribution in [2.45, 2.75) is 19.2 Å². The van der Waals surface area contributed by atoms with Gasteiger partial charge in [-0.25, -0.2) is 0 Å². The zero-order valence-corrected chi connectivity index (χ0v) is 17.3. The number of hydrogen-bond donors (Lipinski definition) is 2. The molecule has 0 spiro atoms. The molecule has 1 atom stereocenters. The lowest BCUT2D eigenvalue weighted by atomic mass is 10.1. The number of ether oxygens (including phenoxy) is 1. The Bertz CT molecular complexity index is 993. The van der Waals surface area contributed by atoms with Gasteiger partial charge in [0.05, 0.1) is 24.4 Å². The van der Waals surface area contributed by atoms with Gasteiger partial charge in [-0.15, -0.1) is 0 Å². The van der Waals surface area contributed by atoms with E-state index in [4.69, 9.17) is 14.4 Å². The summed E-state index contributed by atoms with van der Waals surface area (Å²) in [6.07, 6.45) is 0.895. The highest BCUT2D eigenvalue weighted by molar-refractivity contribution is 5.93. The van der Waals surface area contributed by atoms with Crippen molar-refractivity contribution in [2.75, 3.05) is 20.2 Å². The van der Waals surface area contributed by atoms with Crippen LogP contribution in [0.4, 0.5) is 0 Å². The number of carbonyl (C=O) groups is 1. The van der Waals surface area contributed by atoms with Crippen LogP contribution < -0.4 is 10.1 Å². The van der Waals surface area contributed by atoms with Crippen molar-refractivity contribution in [1.82, 2.24) is 10.2 Å². The van der Waals surface area contributed by atoms with Gasteiger partial charge in [-0.05, 0) is 54.1 Å². The summed E-state index contributed by atoms with van der Waals surface area (Å²) in [5.74, 6) is 1.26. The fourth-order valence-corrected chi connectivity index (χ4v) is 3.14. The van der Waals surface area contributed by atoms with Gasteiger partial charge in [-0.1, -0.05) is 12.1 Å². The number of amides is 1.